The molecule has 1 aromatic heterocycles. The van der Waals surface area contributed by atoms with E-state index in [1.54, 1.807) is 16.8 Å². The second-order valence-electron chi connectivity index (χ2n) is 5.89. The van der Waals surface area contributed by atoms with Crippen molar-refractivity contribution in [2.45, 2.75) is 11.4 Å². The summed E-state index contributed by atoms with van der Waals surface area (Å²) in [5.74, 6) is -0.623. The van der Waals surface area contributed by atoms with Crippen molar-refractivity contribution in [1.82, 2.24) is 9.78 Å². The lowest BCUT2D eigenvalue weighted by molar-refractivity contribution is 0.0994. The van der Waals surface area contributed by atoms with Crippen LogP contribution < -0.4 is 16.2 Å². The van der Waals surface area contributed by atoms with Crippen LogP contribution in [-0.2, 0) is 16.6 Å². The van der Waals surface area contributed by atoms with E-state index in [9.17, 15) is 13.2 Å². The Morgan fingerprint density at radius 2 is 1.81 bits per heavy atom. The number of amides is 1. The Kier molecular flexibility index (Phi) is 3.56. The van der Waals surface area contributed by atoms with E-state index in [0.717, 1.165) is 16.9 Å². The summed E-state index contributed by atoms with van der Waals surface area (Å²) in [4.78, 5) is 11.8. The van der Waals surface area contributed by atoms with Gasteiger partial charge in [0.2, 0.25) is 10.0 Å². The molecule has 0 fully saturated rings. The third-order valence-electron chi connectivity index (χ3n) is 4.26. The number of aromatic nitrogens is 2. The van der Waals surface area contributed by atoms with Crippen LogP contribution in [0.1, 0.15) is 16.1 Å². The average Bonchev–Trinajstić information content (AvgIpc) is 3.01. The Hall–Kier alpha value is -3.17. The number of rotatable bonds is 3. The molecule has 0 saturated carbocycles. The van der Waals surface area contributed by atoms with Gasteiger partial charge < -0.3 is 11.1 Å². The van der Waals surface area contributed by atoms with Gasteiger partial charge in [0, 0.05) is 23.4 Å². The van der Waals surface area contributed by atoms with Crippen LogP contribution >= 0.6 is 0 Å². The van der Waals surface area contributed by atoms with E-state index in [1.165, 1.54) is 12.1 Å². The minimum Gasteiger partial charge on any atom is -0.380 e. The minimum atomic E-state index is -3.79. The summed E-state index contributed by atoms with van der Waals surface area (Å²) in [7, 11) is -3.79. The number of hydrogen-bond acceptors (Lipinski definition) is 5. The van der Waals surface area contributed by atoms with Crippen molar-refractivity contribution in [2.75, 3.05) is 5.32 Å². The standard InChI is InChI=1S/C17H15N5O3S/c18-17(23)15-13-9-20-14-4-2-1-3-12(14)16(13)22(21-15)10-5-7-11(8-6-10)26(19,24)25/h1-8,20H,9H2,(H2,18,23)(H2,19,24,25). The number of primary sulfonamides is 1. The van der Waals surface area contributed by atoms with Crippen LogP contribution in [-0.4, -0.2) is 24.1 Å². The molecule has 26 heavy (non-hydrogen) atoms. The zero-order valence-electron chi connectivity index (χ0n) is 13.5. The Morgan fingerprint density at radius 3 is 2.46 bits per heavy atom. The van der Waals surface area contributed by atoms with Crippen molar-refractivity contribution in [3.8, 4) is 16.9 Å². The SMILES string of the molecule is NC(=O)c1nn(-c2ccc(S(N)(=O)=O)cc2)c2c1CNc1ccccc1-2. The number of nitrogens with zero attached hydrogens (tertiary/aromatic N) is 2. The van der Waals surface area contributed by atoms with Crippen molar-refractivity contribution in [1.29, 1.82) is 0 Å². The van der Waals surface area contributed by atoms with Gasteiger partial charge in [-0.3, -0.25) is 4.79 Å². The molecule has 2 aromatic carbocycles. The Morgan fingerprint density at radius 1 is 1.12 bits per heavy atom. The molecule has 4 rings (SSSR count). The van der Waals surface area contributed by atoms with Crippen molar-refractivity contribution < 1.29 is 13.2 Å². The summed E-state index contributed by atoms with van der Waals surface area (Å²) in [5.41, 5.74) is 9.51. The fourth-order valence-electron chi connectivity index (χ4n) is 3.08. The molecule has 0 bridgehead atoms. The Labute approximate surface area is 149 Å². The largest absolute Gasteiger partial charge is 0.380 e. The highest BCUT2D eigenvalue weighted by atomic mass is 32.2. The number of benzene rings is 2. The van der Waals surface area contributed by atoms with E-state index in [2.05, 4.69) is 10.4 Å². The normalized spacial score (nSPS) is 12.8. The van der Waals surface area contributed by atoms with E-state index < -0.39 is 15.9 Å². The van der Waals surface area contributed by atoms with Gasteiger partial charge in [-0.1, -0.05) is 18.2 Å². The number of nitrogens with two attached hydrogens (primary N) is 2. The highest BCUT2D eigenvalue weighted by Crippen LogP contribution is 2.38. The van der Waals surface area contributed by atoms with Crippen LogP contribution in [0.4, 0.5) is 5.69 Å². The quantitative estimate of drug-likeness (QED) is 0.638. The van der Waals surface area contributed by atoms with Crippen LogP contribution in [0.5, 0.6) is 0 Å². The highest BCUT2D eigenvalue weighted by Gasteiger charge is 2.27. The third-order valence-corrected chi connectivity index (χ3v) is 5.19. The highest BCUT2D eigenvalue weighted by molar-refractivity contribution is 7.89. The summed E-state index contributed by atoms with van der Waals surface area (Å²) < 4.78 is 24.5. The number of primary amides is 1. The van der Waals surface area contributed by atoms with Gasteiger partial charge in [-0.2, -0.15) is 5.10 Å². The number of sulfonamides is 1. The lowest BCUT2D eigenvalue weighted by Crippen LogP contribution is -2.16. The van der Waals surface area contributed by atoms with Crippen LogP contribution in [0.15, 0.2) is 53.4 Å². The Balaban J connectivity index is 1.95. The predicted molar refractivity (Wildman–Crippen MR) is 96.2 cm³/mol. The number of para-hydroxylation sites is 1. The molecule has 9 heteroatoms. The molecule has 0 spiro atoms. The van der Waals surface area contributed by atoms with Gasteiger partial charge in [0.15, 0.2) is 5.69 Å². The maximum atomic E-state index is 11.8. The molecule has 0 radical (unpaired) electrons. The molecular weight excluding hydrogens is 354 g/mol. The molecule has 3 aromatic rings. The molecule has 132 valence electrons. The van der Waals surface area contributed by atoms with Gasteiger partial charge in [-0.05, 0) is 30.3 Å². The van der Waals surface area contributed by atoms with E-state index >= 15 is 0 Å². The zero-order chi connectivity index (χ0) is 18.5. The Bertz CT molecular complexity index is 1130. The average molecular weight is 369 g/mol. The lowest BCUT2D eigenvalue weighted by atomic mass is 9.99. The van der Waals surface area contributed by atoms with E-state index in [0.29, 0.717) is 17.8 Å². The van der Waals surface area contributed by atoms with Gasteiger partial charge in [0.1, 0.15) is 0 Å². The fourth-order valence-corrected chi connectivity index (χ4v) is 3.60. The molecule has 0 aliphatic carbocycles. The molecule has 5 N–H and O–H groups in total. The monoisotopic (exact) mass is 369 g/mol. The van der Waals surface area contributed by atoms with E-state index in [4.69, 9.17) is 10.9 Å². The van der Waals surface area contributed by atoms with Gasteiger partial charge in [-0.15, -0.1) is 0 Å². The molecule has 0 saturated heterocycles. The van der Waals surface area contributed by atoms with E-state index in [1.807, 2.05) is 24.3 Å². The second kappa shape index (κ2) is 5.68. The van der Waals surface area contributed by atoms with Crippen LogP contribution in [0.2, 0.25) is 0 Å². The molecule has 0 unspecified atom stereocenters. The van der Waals surface area contributed by atoms with Crippen molar-refractivity contribution in [2.24, 2.45) is 10.9 Å². The number of carbonyl (C=O) groups is 1. The van der Waals surface area contributed by atoms with Gasteiger partial charge in [-0.25, -0.2) is 18.2 Å². The van der Waals surface area contributed by atoms with Gasteiger partial charge in [0.25, 0.3) is 5.91 Å². The number of fused-ring (bicyclic) bond motifs is 3. The topological polar surface area (TPSA) is 133 Å². The minimum absolute atomic E-state index is 0.000495. The third kappa shape index (κ3) is 2.54. The molecule has 8 nitrogen and oxygen atoms in total. The number of anilines is 1. The smallest absolute Gasteiger partial charge is 0.269 e. The first kappa shape index (κ1) is 16.3. The van der Waals surface area contributed by atoms with Crippen molar-refractivity contribution >= 4 is 21.6 Å². The van der Waals surface area contributed by atoms with Crippen molar-refractivity contribution in [3.63, 3.8) is 0 Å². The first-order valence-corrected chi connectivity index (χ1v) is 9.29. The first-order chi connectivity index (χ1) is 12.4. The molecule has 1 amide bonds. The van der Waals surface area contributed by atoms with Crippen LogP contribution in [0.3, 0.4) is 0 Å². The van der Waals surface area contributed by atoms with Crippen molar-refractivity contribution in [3.05, 3.63) is 59.8 Å². The summed E-state index contributed by atoms with van der Waals surface area (Å²) >= 11 is 0. The van der Waals surface area contributed by atoms with Gasteiger partial charge in [0.05, 0.1) is 16.3 Å². The summed E-state index contributed by atoms with van der Waals surface area (Å²) in [6, 6.07) is 13.6. The van der Waals surface area contributed by atoms with Crippen LogP contribution in [0.25, 0.3) is 16.9 Å². The zero-order valence-corrected chi connectivity index (χ0v) is 14.3. The summed E-state index contributed by atoms with van der Waals surface area (Å²) in [6.07, 6.45) is 0. The molecule has 0 atom stereocenters. The van der Waals surface area contributed by atoms with E-state index in [-0.39, 0.29) is 10.6 Å². The second-order valence-corrected chi connectivity index (χ2v) is 7.45. The number of nitrogens with one attached hydrogen (secondary N) is 1. The fraction of sp³-hybridized carbons (Fsp3) is 0.0588. The van der Waals surface area contributed by atoms with Gasteiger partial charge >= 0.3 is 0 Å². The molecular formula is C17H15N5O3S. The molecule has 2 heterocycles. The maximum Gasteiger partial charge on any atom is 0.269 e. The predicted octanol–water partition coefficient (Wildman–Crippen LogP) is 1.21. The number of hydrogen-bond donors (Lipinski definition) is 3. The lowest BCUT2D eigenvalue weighted by Gasteiger charge is -2.20. The first-order valence-electron chi connectivity index (χ1n) is 7.74. The molecule has 1 aliphatic rings. The molecule has 1 aliphatic heterocycles. The summed E-state index contributed by atoms with van der Waals surface area (Å²) in [6.45, 7) is 0.417. The van der Waals surface area contributed by atoms with Crippen LogP contribution in [0, 0.1) is 0 Å². The number of carbonyl (C=O) groups excluding carboxylic acids is 1. The summed E-state index contributed by atoms with van der Waals surface area (Å²) in [5, 5.41) is 12.8. The maximum absolute atomic E-state index is 11.8.